The number of ketones is 1. The Morgan fingerprint density at radius 2 is 1.83 bits per heavy atom. The largest absolute Gasteiger partial charge is 0.452 e. The molecule has 0 saturated heterocycles. The van der Waals surface area contributed by atoms with Crippen molar-refractivity contribution in [3.8, 4) is 11.5 Å². The zero-order chi connectivity index (χ0) is 21.3. The molecular formula is C22H12BrNO6. The lowest BCUT2D eigenvalue weighted by atomic mass is 10.1. The molecule has 1 heterocycles. The molecule has 0 radical (unpaired) electrons. The number of halogens is 1. The van der Waals surface area contributed by atoms with E-state index in [9.17, 15) is 19.7 Å². The molecule has 0 aromatic heterocycles. The van der Waals surface area contributed by atoms with Gasteiger partial charge in [-0.1, -0.05) is 34.1 Å². The minimum absolute atomic E-state index is 0.0394. The third-order valence-electron chi connectivity index (χ3n) is 4.31. The van der Waals surface area contributed by atoms with Gasteiger partial charge in [0.2, 0.25) is 5.78 Å². The first-order valence-corrected chi connectivity index (χ1v) is 9.50. The second-order valence-corrected chi connectivity index (χ2v) is 7.26. The summed E-state index contributed by atoms with van der Waals surface area (Å²) in [5.41, 5.74) is 0.979. The van der Waals surface area contributed by atoms with Gasteiger partial charge in [-0.15, -0.1) is 0 Å². The van der Waals surface area contributed by atoms with Crippen LogP contribution < -0.4 is 9.47 Å². The zero-order valence-corrected chi connectivity index (χ0v) is 16.8. The molecule has 0 amide bonds. The first-order chi connectivity index (χ1) is 14.4. The van der Waals surface area contributed by atoms with Crippen LogP contribution in [0.15, 0.2) is 77.0 Å². The van der Waals surface area contributed by atoms with Gasteiger partial charge in [0.25, 0.3) is 5.69 Å². The lowest BCUT2D eigenvalue weighted by Gasteiger charge is -2.05. The average Bonchev–Trinajstić information content (AvgIpc) is 3.04. The molecule has 0 atom stereocenters. The number of allylic oxidation sites excluding steroid dienone is 1. The van der Waals surface area contributed by atoms with Crippen molar-refractivity contribution < 1.29 is 24.0 Å². The third kappa shape index (κ3) is 3.99. The van der Waals surface area contributed by atoms with E-state index in [1.807, 2.05) is 24.3 Å². The van der Waals surface area contributed by atoms with E-state index in [1.54, 1.807) is 6.08 Å². The Kier molecular flexibility index (Phi) is 5.16. The molecule has 8 heteroatoms. The fourth-order valence-corrected chi connectivity index (χ4v) is 3.12. The van der Waals surface area contributed by atoms with Gasteiger partial charge < -0.3 is 9.47 Å². The topological polar surface area (TPSA) is 95.7 Å². The van der Waals surface area contributed by atoms with Gasteiger partial charge in [0.15, 0.2) is 5.76 Å². The molecule has 7 nitrogen and oxygen atoms in total. The van der Waals surface area contributed by atoms with Crippen LogP contribution in [0.5, 0.6) is 11.5 Å². The summed E-state index contributed by atoms with van der Waals surface area (Å²) >= 11 is 3.35. The highest BCUT2D eigenvalue weighted by Crippen LogP contribution is 2.35. The summed E-state index contributed by atoms with van der Waals surface area (Å²) in [5.74, 6) is -0.441. The molecular weight excluding hydrogens is 454 g/mol. The molecule has 0 fully saturated rings. The first-order valence-electron chi connectivity index (χ1n) is 8.71. The summed E-state index contributed by atoms with van der Waals surface area (Å²) in [5, 5.41) is 10.9. The lowest BCUT2D eigenvalue weighted by Crippen LogP contribution is -2.08. The molecule has 3 aromatic carbocycles. The molecule has 1 aliphatic rings. The standard InChI is InChI=1S/C22H12BrNO6/c23-15-6-4-13(5-7-15)10-20-21(25)18-9-8-17(12-19(18)30-20)29-22(26)14-2-1-3-16(11-14)24(27)28/h1-12H. The Bertz CT molecular complexity index is 1220. The van der Waals surface area contributed by atoms with E-state index in [0.717, 1.165) is 16.1 Å². The third-order valence-corrected chi connectivity index (χ3v) is 4.84. The number of hydrogen-bond acceptors (Lipinski definition) is 6. The van der Waals surface area contributed by atoms with Crippen molar-refractivity contribution in [3.05, 3.63) is 104 Å². The van der Waals surface area contributed by atoms with Gasteiger partial charge in [-0.25, -0.2) is 4.79 Å². The van der Waals surface area contributed by atoms with Crippen LogP contribution in [0.25, 0.3) is 6.08 Å². The number of ether oxygens (including phenoxy) is 2. The smallest absolute Gasteiger partial charge is 0.343 e. The predicted octanol–water partition coefficient (Wildman–Crippen LogP) is 5.19. The van der Waals surface area contributed by atoms with Gasteiger partial charge in [0.1, 0.15) is 11.5 Å². The number of Topliss-reactive ketones (excluding diaryl/α,β-unsaturated/α-hetero) is 1. The van der Waals surface area contributed by atoms with Crippen LogP contribution in [0, 0.1) is 10.1 Å². The van der Waals surface area contributed by atoms with Crippen LogP contribution in [0.2, 0.25) is 0 Å². The molecule has 148 valence electrons. The quantitative estimate of drug-likeness (QED) is 0.173. The van der Waals surface area contributed by atoms with E-state index in [4.69, 9.17) is 9.47 Å². The van der Waals surface area contributed by atoms with Gasteiger partial charge in [0, 0.05) is 22.7 Å². The van der Waals surface area contributed by atoms with Crippen LogP contribution in [-0.4, -0.2) is 16.7 Å². The van der Waals surface area contributed by atoms with Crippen LogP contribution in [0.3, 0.4) is 0 Å². The summed E-state index contributed by atoms with van der Waals surface area (Å²) in [6.07, 6.45) is 1.63. The Hall–Kier alpha value is -3.78. The fourth-order valence-electron chi connectivity index (χ4n) is 2.85. The molecule has 0 N–H and O–H groups in total. The first kappa shape index (κ1) is 19.5. The maximum absolute atomic E-state index is 12.6. The lowest BCUT2D eigenvalue weighted by molar-refractivity contribution is -0.384. The average molecular weight is 466 g/mol. The van der Waals surface area contributed by atoms with E-state index in [-0.39, 0.29) is 34.3 Å². The predicted molar refractivity (Wildman–Crippen MR) is 112 cm³/mol. The van der Waals surface area contributed by atoms with Gasteiger partial charge in [-0.2, -0.15) is 0 Å². The number of fused-ring (bicyclic) bond motifs is 1. The number of non-ortho nitro benzene ring substituents is 1. The zero-order valence-electron chi connectivity index (χ0n) is 15.2. The molecule has 0 unspecified atom stereocenters. The summed E-state index contributed by atoms with van der Waals surface area (Å²) in [7, 11) is 0. The number of nitro benzene ring substituents is 1. The van der Waals surface area contributed by atoms with Crippen LogP contribution >= 0.6 is 15.9 Å². The van der Waals surface area contributed by atoms with Crippen molar-refractivity contribution in [2.24, 2.45) is 0 Å². The molecule has 1 aliphatic heterocycles. The highest BCUT2D eigenvalue weighted by molar-refractivity contribution is 9.10. The number of nitro groups is 1. The van der Waals surface area contributed by atoms with Crippen molar-refractivity contribution in [3.63, 3.8) is 0 Å². The van der Waals surface area contributed by atoms with Crippen molar-refractivity contribution in [1.82, 2.24) is 0 Å². The number of carbonyl (C=O) groups excluding carboxylic acids is 2. The summed E-state index contributed by atoms with van der Waals surface area (Å²) < 4.78 is 11.9. The second-order valence-electron chi connectivity index (χ2n) is 6.35. The highest BCUT2D eigenvalue weighted by atomic mass is 79.9. The summed E-state index contributed by atoms with van der Waals surface area (Å²) in [6.45, 7) is 0. The molecule has 0 saturated carbocycles. The minimum Gasteiger partial charge on any atom is -0.452 e. The Morgan fingerprint density at radius 3 is 2.57 bits per heavy atom. The van der Waals surface area contributed by atoms with Crippen molar-refractivity contribution in [1.29, 1.82) is 0 Å². The molecule has 30 heavy (non-hydrogen) atoms. The van der Waals surface area contributed by atoms with E-state index in [0.29, 0.717) is 5.56 Å². The SMILES string of the molecule is O=C(Oc1ccc2c(c1)OC(=Cc1ccc(Br)cc1)C2=O)c1cccc([N+](=O)[O-])c1. The Balaban J connectivity index is 1.54. The Morgan fingerprint density at radius 1 is 1.07 bits per heavy atom. The Labute approximate surface area is 178 Å². The van der Waals surface area contributed by atoms with E-state index < -0.39 is 10.9 Å². The van der Waals surface area contributed by atoms with Crippen molar-refractivity contribution in [2.75, 3.05) is 0 Å². The number of benzene rings is 3. The monoisotopic (exact) mass is 465 g/mol. The van der Waals surface area contributed by atoms with Gasteiger partial charge in [0.05, 0.1) is 16.1 Å². The molecule has 0 bridgehead atoms. The number of esters is 1. The number of carbonyl (C=O) groups is 2. The van der Waals surface area contributed by atoms with Gasteiger partial charge >= 0.3 is 5.97 Å². The van der Waals surface area contributed by atoms with Gasteiger partial charge in [-0.05, 0) is 42.0 Å². The van der Waals surface area contributed by atoms with E-state index in [2.05, 4.69) is 15.9 Å². The molecule has 0 spiro atoms. The molecule has 4 rings (SSSR count). The fraction of sp³-hybridized carbons (Fsp3) is 0. The number of hydrogen-bond donors (Lipinski definition) is 0. The van der Waals surface area contributed by atoms with Crippen molar-refractivity contribution >= 4 is 39.4 Å². The molecule has 0 aliphatic carbocycles. The normalized spacial score (nSPS) is 13.6. The number of rotatable bonds is 4. The van der Waals surface area contributed by atoms with Crippen LogP contribution in [0.4, 0.5) is 5.69 Å². The van der Waals surface area contributed by atoms with E-state index >= 15 is 0 Å². The molecule has 3 aromatic rings. The van der Waals surface area contributed by atoms with Gasteiger partial charge in [-0.3, -0.25) is 14.9 Å². The van der Waals surface area contributed by atoms with E-state index in [1.165, 1.54) is 36.4 Å². The van der Waals surface area contributed by atoms with Crippen LogP contribution in [-0.2, 0) is 0 Å². The minimum atomic E-state index is -0.756. The number of nitrogens with zero attached hydrogens (tertiary/aromatic N) is 1. The van der Waals surface area contributed by atoms with Crippen LogP contribution in [0.1, 0.15) is 26.3 Å². The maximum Gasteiger partial charge on any atom is 0.343 e. The summed E-state index contributed by atoms with van der Waals surface area (Å²) in [6, 6.07) is 17.0. The second kappa shape index (κ2) is 7.92. The highest BCUT2D eigenvalue weighted by Gasteiger charge is 2.28. The maximum atomic E-state index is 12.6. The summed E-state index contributed by atoms with van der Waals surface area (Å²) in [4.78, 5) is 35.1. The van der Waals surface area contributed by atoms with Crippen molar-refractivity contribution in [2.45, 2.75) is 0 Å².